The Balaban J connectivity index is 2.49. The summed E-state index contributed by atoms with van der Waals surface area (Å²) in [6, 6.07) is 1.37. The lowest BCUT2D eigenvalue weighted by Crippen LogP contribution is -2.30. The van der Waals surface area contributed by atoms with Gasteiger partial charge in [-0.3, -0.25) is 0 Å². The Morgan fingerprint density at radius 1 is 1.35 bits per heavy atom. The third-order valence-corrected chi connectivity index (χ3v) is 4.20. The summed E-state index contributed by atoms with van der Waals surface area (Å²) in [5.74, 6) is -3.65. The van der Waals surface area contributed by atoms with Crippen LogP contribution in [0.25, 0.3) is 0 Å². The van der Waals surface area contributed by atoms with Gasteiger partial charge in [-0.2, -0.15) is 0 Å². The number of alkyl halides is 2. The van der Waals surface area contributed by atoms with Gasteiger partial charge in [-0.05, 0) is 12.5 Å². The maximum atomic E-state index is 13.6. The first-order valence-corrected chi connectivity index (χ1v) is 7.96. The fraction of sp³-hybridized carbons (Fsp3) is 0.625. The van der Waals surface area contributed by atoms with Gasteiger partial charge >= 0.3 is 5.97 Å². The third-order valence-electron chi connectivity index (χ3n) is 3.91. The highest BCUT2D eigenvalue weighted by molar-refractivity contribution is 6.31. The maximum absolute atomic E-state index is 13.6. The van der Waals surface area contributed by atoms with Crippen molar-refractivity contribution in [2.45, 2.75) is 51.4 Å². The highest BCUT2D eigenvalue weighted by Crippen LogP contribution is 2.35. The normalized spacial score (nSPS) is 18.6. The van der Waals surface area contributed by atoms with Crippen molar-refractivity contribution in [3.8, 4) is 0 Å². The van der Waals surface area contributed by atoms with E-state index < -0.39 is 11.9 Å². The second-order valence-corrected chi connectivity index (χ2v) is 7.35. The molecule has 0 aliphatic carbocycles. The summed E-state index contributed by atoms with van der Waals surface area (Å²) in [6.07, 6.45) is -0.200. The summed E-state index contributed by atoms with van der Waals surface area (Å²) >= 11 is 6.18. The van der Waals surface area contributed by atoms with E-state index in [1.54, 1.807) is 4.90 Å². The molecule has 0 aromatic carbocycles. The van der Waals surface area contributed by atoms with Gasteiger partial charge < -0.3 is 10.0 Å². The van der Waals surface area contributed by atoms with Crippen LogP contribution >= 0.6 is 11.6 Å². The third kappa shape index (κ3) is 4.10. The van der Waals surface area contributed by atoms with Gasteiger partial charge in [0.1, 0.15) is 11.4 Å². The maximum Gasteiger partial charge on any atom is 0.339 e. The molecule has 1 aromatic rings. The van der Waals surface area contributed by atoms with E-state index in [-0.39, 0.29) is 41.2 Å². The number of rotatable bonds is 2. The molecule has 1 N–H and O–H groups in total. The van der Waals surface area contributed by atoms with Crippen LogP contribution < -0.4 is 4.90 Å². The lowest BCUT2D eigenvalue weighted by atomic mass is 9.91. The second kappa shape index (κ2) is 6.23. The molecule has 1 saturated heterocycles. The van der Waals surface area contributed by atoms with E-state index >= 15 is 0 Å². The molecule has 2 heterocycles. The lowest BCUT2D eigenvalue weighted by Gasteiger charge is -2.27. The Bertz CT molecular complexity index is 615. The Morgan fingerprint density at radius 2 is 2.00 bits per heavy atom. The zero-order chi connectivity index (χ0) is 17.4. The molecule has 0 saturated carbocycles. The summed E-state index contributed by atoms with van der Waals surface area (Å²) < 4.78 is 27.1. The molecule has 0 bridgehead atoms. The highest BCUT2D eigenvalue weighted by Gasteiger charge is 2.34. The summed E-state index contributed by atoms with van der Waals surface area (Å²) in [6.45, 7) is 6.19. The Morgan fingerprint density at radius 3 is 2.57 bits per heavy atom. The molecule has 23 heavy (non-hydrogen) atoms. The number of aromatic carboxylic acids is 1. The quantitative estimate of drug-likeness (QED) is 0.864. The molecule has 0 amide bonds. The number of halogens is 3. The van der Waals surface area contributed by atoms with Crippen LogP contribution in [-0.2, 0) is 5.41 Å². The van der Waals surface area contributed by atoms with E-state index in [2.05, 4.69) is 4.98 Å². The lowest BCUT2D eigenvalue weighted by molar-refractivity contribution is -0.0102. The molecule has 0 unspecified atom stereocenters. The van der Waals surface area contributed by atoms with E-state index in [0.717, 1.165) is 0 Å². The van der Waals surface area contributed by atoms with E-state index in [1.165, 1.54) is 6.07 Å². The van der Waals surface area contributed by atoms with Crippen LogP contribution in [0.1, 0.15) is 56.1 Å². The van der Waals surface area contributed by atoms with Gasteiger partial charge in [0.25, 0.3) is 0 Å². The largest absolute Gasteiger partial charge is 0.478 e. The number of hydrogen-bond acceptors (Lipinski definition) is 3. The van der Waals surface area contributed by atoms with Crippen LogP contribution in [0.15, 0.2) is 6.07 Å². The number of aromatic nitrogens is 1. The summed E-state index contributed by atoms with van der Waals surface area (Å²) in [4.78, 5) is 17.6. The van der Waals surface area contributed by atoms with Gasteiger partial charge in [0.05, 0.1) is 10.7 Å². The van der Waals surface area contributed by atoms with Crippen molar-refractivity contribution in [3.05, 3.63) is 22.3 Å². The van der Waals surface area contributed by atoms with E-state index in [0.29, 0.717) is 18.7 Å². The standard InChI is InChI=1S/C16H21ClF2N2O2/c1-15(2,3)12-11(17)9-10(14(22)23)13(20-12)21-7-4-5-16(18,19)6-8-21/h9H,4-8H2,1-3H3,(H,22,23). The summed E-state index contributed by atoms with van der Waals surface area (Å²) in [5.41, 5.74) is 0.141. The molecule has 0 atom stereocenters. The van der Waals surface area contributed by atoms with Crippen LogP contribution in [0.2, 0.25) is 5.02 Å². The van der Waals surface area contributed by atoms with Crippen molar-refractivity contribution in [1.82, 2.24) is 4.98 Å². The van der Waals surface area contributed by atoms with Gasteiger partial charge in [0, 0.05) is 31.3 Å². The molecule has 0 radical (unpaired) electrons. The fourth-order valence-corrected chi connectivity index (χ4v) is 3.11. The molecule has 1 fully saturated rings. The number of anilines is 1. The number of carbonyl (C=O) groups is 1. The van der Waals surface area contributed by atoms with Crippen molar-refractivity contribution >= 4 is 23.4 Å². The topological polar surface area (TPSA) is 53.4 Å². The van der Waals surface area contributed by atoms with Crippen molar-refractivity contribution in [2.24, 2.45) is 0 Å². The van der Waals surface area contributed by atoms with Gasteiger partial charge in [-0.15, -0.1) is 0 Å². The predicted octanol–water partition coefficient (Wildman–Crippen LogP) is 4.36. The minimum atomic E-state index is -2.71. The van der Waals surface area contributed by atoms with Crippen LogP contribution in [0.3, 0.4) is 0 Å². The average molecular weight is 347 g/mol. The fourth-order valence-electron chi connectivity index (χ4n) is 2.68. The summed E-state index contributed by atoms with van der Waals surface area (Å²) in [5, 5.41) is 9.69. The van der Waals surface area contributed by atoms with Crippen LogP contribution in [0, 0.1) is 0 Å². The Hall–Kier alpha value is -1.43. The van der Waals surface area contributed by atoms with E-state index in [4.69, 9.17) is 11.6 Å². The first kappa shape index (κ1) is 17.9. The smallest absolute Gasteiger partial charge is 0.339 e. The zero-order valence-electron chi connectivity index (χ0n) is 13.5. The molecule has 1 aliphatic heterocycles. The molecular weight excluding hydrogens is 326 g/mol. The van der Waals surface area contributed by atoms with E-state index in [9.17, 15) is 18.7 Å². The molecule has 1 aromatic heterocycles. The molecular formula is C16H21ClF2N2O2. The average Bonchev–Trinajstić information content (AvgIpc) is 2.58. The van der Waals surface area contributed by atoms with Crippen LogP contribution in [0.4, 0.5) is 14.6 Å². The van der Waals surface area contributed by atoms with Gasteiger partial charge in [-0.1, -0.05) is 32.4 Å². The SMILES string of the molecule is CC(C)(C)c1nc(N2CCCC(F)(F)CC2)c(C(=O)O)cc1Cl. The van der Waals surface area contributed by atoms with Crippen molar-refractivity contribution in [2.75, 3.05) is 18.0 Å². The molecule has 0 spiro atoms. The number of pyridine rings is 1. The minimum absolute atomic E-state index is 0.0479. The number of nitrogens with zero attached hydrogens (tertiary/aromatic N) is 2. The van der Waals surface area contributed by atoms with Gasteiger partial charge in [-0.25, -0.2) is 18.6 Å². The molecule has 4 nitrogen and oxygen atoms in total. The molecule has 128 valence electrons. The highest BCUT2D eigenvalue weighted by atomic mass is 35.5. The number of carboxylic acids is 1. The van der Waals surface area contributed by atoms with Gasteiger partial charge in [0.15, 0.2) is 0 Å². The minimum Gasteiger partial charge on any atom is -0.478 e. The Labute approximate surface area is 139 Å². The van der Waals surface area contributed by atoms with Crippen LogP contribution in [-0.4, -0.2) is 35.1 Å². The zero-order valence-corrected chi connectivity index (χ0v) is 14.3. The van der Waals surface area contributed by atoms with E-state index in [1.807, 2.05) is 20.8 Å². The molecule has 1 aliphatic rings. The molecule has 2 rings (SSSR count). The van der Waals surface area contributed by atoms with Gasteiger partial charge in [0.2, 0.25) is 5.92 Å². The first-order chi connectivity index (χ1) is 10.5. The summed E-state index contributed by atoms with van der Waals surface area (Å²) in [7, 11) is 0. The Kier molecular flexibility index (Phi) is 4.85. The van der Waals surface area contributed by atoms with Crippen LogP contribution in [0.5, 0.6) is 0 Å². The van der Waals surface area contributed by atoms with Crippen molar-refractivity contribution in [1.29, 1.82) is 0 Å². The monoisotopic (exact) mass is 346 g/mol. The second-order valence-electron chi connectivity index (χ2n) is 6.94. The van der Waals surface area contributed by atoms with Crippen molar-refractivity contribution in [3.63, 3.8) is 0 Å². The predicted molar refractivity (Wildman–Crippen MR) is 85.9 cm³/mol. The van der Waals surface area contributed by atoms with Crippen molar-refractivity contribution < 1.29 is 18.7 Å². The number of carboxylic acid groups (broad SMARTS) is 1. The number of hydrogen-bond donors (Lipinski definition) is 1. The molecule has 7 heteroatoms. The first-order valence-electron chi connectivity index (χ1n) is 7.58.